The first-order valence-electron chi connectivity index (χ1n) is 9.67. The second kappa shape index (κ2) is 10.4. The molecule has 0 atom stereocenters. The lowest BCUT2D eigenvalue weighted by molar-refractivity contribution is 0.293. The van der Waals surface area contributed by atoms with E-state index in [-0.39, 0.29) is 0 Å². The Morgan fingerprint density at radius 1 is 1.00 bits per heavy atom. The molecule has 30 heavy (non-hydrogen) atoms. The zero-order chi connectivity index (χ0) is 21.5. The van der Waals surface area contributed by atoms with E-state index < -0.39 is 0 Å². The lowest BCUT2D eigenvalue weighted by atomic mass is 10.0. The third kappa shape index (κ3) is 4.91. The van der Waals surface area contributed by atoms with E-state index in [1.165, 1.54) is 0 Å². The number of hydrogen-bond donors (Lipinski definition) is 0. The zero-order valence-corrected chi connectivity index (χ0v) is 19.4. The van der Waals surface area contributed by atoms with Gasteiger partial charge >= 0.3 is 0 Å². The Morgan fingerprint density at radius 2 is 1.77 bits per heavy atom. The molecule has 0 fully saturated rings. The van der Waals surface area contributed by atoms with Crippen molar-refractivity contribution in [2.75, 3.05) is 0 Å². The van der Waals surface area contributed by atoms with Crippen LogP contribution in [0.4, 0.5) is 0 Å². The highest BCUT2D eigenvalue weighted by atomic mass is 79.9. The number of hydrogen-bond acceptors (Lipinski definition) is 4. The molecule has 4 aromatic rings. The van der Waals surface area contributed by atoms with Crippen molar-refractivity contribution < 1.29 is 8.57 Å². The van der Waals surface area contributed by atoms with Crippen LogP contribution in [-0.4, -0.2) is 9.97 Å². The van der Waals surface area contributed by atoms with E-state index in [4.69, 9.17) is 20.2 Å². The minimum Gasteiger partial charge on any atom is -0.472 e. The molecule has 0 saturated carbocycles. The van der Waals surface area contributed by atoms with Gasteiger partial charge in [0.15, 0.2) is 16.3 Å². The average Bonchev–Trinajstić information content (AvgIpc) is 2.82. The third-order valence-electron chi connectivity index (χ3n) is 4.51. The summed E-state index contributed by atoms with van der Waals surface area (Å²) in [6, 6.07) is 19.5. The van der Waals surface area contributed by atoms with Crippen molar-refractivity contribution in [3.05, 3.63) is 83.0 Å². The van der Waals surface area contributed by atoms with Crippen LogP contribution in [0.1, 0.15) is 25.0 Å². The lowest BCUT2D eigenvalue weighted by Crippen LogP contribution is -2.00. The smallest absolute Gasteiger partial charge is 0.230 e. The molecule has 2 heterocycles. The summed E-state index contributed by atoms with van der Waals surface area (Å²) >= 11 is 9.26. The summed E-state index contributed by atoms with van der Waals surface area (Å²) in [7, 11) is 0. The number of nitrogens with zero attached hydrogens (tertiary/aromatic N) is 2. The molecule has 2 aromatic carbocycles. The van der Waals surface area contributed by atoms with Gasteiger partial charge < -0.3 is 8.57 Å². The number of halogens is 2. The first-order chi connectivity index (χ1) is 14.7. The molecule has 0 unspecified atom stereocenters. The van der Waals surface area contributed by atoms with Gasteiger partial charge in [-0.25, -0.2) is 0 Å². The maximum absolute atomic E-state index is 6.29. The van der Waals surface area contributed by atoms with E-state index in [0.717, 1.165) is 33.2 Å². The molecular formula is C24H22BrClN2O2. The van der Waals surface area contributed by atoms with Gasteiger partial charge in [0.1, 0.15) is 6.61 Å². The van der Waals surface area contributed by atoms with Gasteiger partial charge in [0.2, 0.25) is 11.8 Å². The van der Waals surface area contributed by atoms with E-state index in [1.54, 1.807) is 6.07 Å². The fourth-order valence-corrected chi connectivity index (χ4v) is 3.33. The van der Waals surface area contributed by atoms with Crippen molar-refractivity contribution in [2.24, 2.45) is 0 Å². The van der Waals surface area contributed by atoms with Crippen molar-refractivity contribution in [3.63, 3.8) is 0 Å². The minimum atomic E-state index is 0.401. The van der Waals surface area contributed by atoms with Gasteiger partial charge in [0.05, 0.1) is 5.52 Å². The molecule has 6 heteroatoms. The Labute approximate surface area is 190 Å². The molecule has 154 valence electrons. The lowest BCUT2D eigenvalue weighted by Gasteiger charge is -2.13. The molecule has 0 aliphatic heterocycles. The first kappa shape index (κ1) is 22.1. The van der Waals surface area contributed by atoms with Crippen LogP contribution in [0.15, 0.2) is 66.9 Å². The minimum absolute atomic E-state index is 0.401. The maximum Gasteiger partial charge on any atom is 0.230 e. The van der Waals surface area contributed by atoms with Crippen molar-refractivity contribution in [3.8, 4) is 22.9 Å². The monoisotopic (exact) mass is 484 g/mol. The van der Waals surface area contributed by atoms with Gasteiger partial charge in [-0.05, 0) is 42.3 Å². The van der Waals surface area contributed by atoms with Crippen LogP contribution >= 0.6 is 27.9 Å². The van der Waals surface area contributed by atoms with Gasteiger partial charge in [-0.15, -0.1) is 0 Å². The number of pyridine rings is 2. The van der Waals surface area contributed by atoms with Gasteiger partial charge in [-0.2, -0.15) is 4.98 Å². The Kier molecular flexibility index (Phi) is 7.66. The van der Waals surface area contributed by atoms with Crippen LogP contribution < -0.4 is 8.57 Å². The molecule has 4 rings (SSSR count). The highest BCUT2D eigenvalue weighted by Crippen LogP contribution is 2.34. The molecule has 0 saturated heterocycles. The predicted molar refractivity (Wildman–Crippen MR) is 126 cm³/mol. The van der Waals surface area contributed by atoms with Crippen molar-refractivity contribution in [2.45, 2.75) is 27.4 Å². The standard InChI is InChI=1S/C22H16BrClN2O2.C2H6/c1-14-18-11-16(12-25-20(18)9-8-19(14)24)17-7-10-21(28-23)26-22(17)27-13-15-5-3-2-4-6-15;1-2/h2-12H,13H2,1H3;1-2H3. The summed E-state index contributed by atoms with van der Waals surface area (Å²) in [6.07, 6.45) is 1.82. The van der Waals surface area contributed by atoms with Crippen LogP contribution in [0.3, 0.4) is 0 Å². The van der Waals surface area contributed by atoms with Gasteiger partial charge in [0, 0.05) is 33.8 Å². The quantitative estimate of drug-likeness (QED) is 0.293. The van der Waals surface area contributed by atoms with Crippen molar-refractivity contribution in [1.82, 2.24) is 9.97 Å². The number of benzene rings is 2. The second-order valence-electron chi connectivity index (χ2n) is 6.32. The number of aryl methyl sites for hydroxylation is 1. The maximum atomic E-state index is 6.29. The summed E-state index contributed by atoms with van der Waals surface area (Å²) in [5.41, 5.74) is 4.67. The average molecular weight is 486 g/mol. The molecular weight excluding hydrogens is 464 g/mol. The number of aromatic nitrogens is 2. The fraction of sp³-hybridized carbons (Fsp3) is 0.167. The summed E-state index contributed by atoms with van der Waals surface area (Å²) in [6.45, 7) is 6.39. The first-order valence-corrected chi connectivity index (χ1v) is 10.7. The third-order valence-corrected chi connectivity index (χ3v) is 5.25. The summed E-state index contributed by atoms with van der Waals surface area (Å²) < 4.78 is 11.1. The van der Waals surface area contributed by atoms with Gasteiger partial charge in [-0.1, -0.05) is 55.8 Å². The Bertz CT molecular complexity index is 1140. The SMILES string of the molecule is CC.Cc1c(Cl)ccc2ncc(-c3ccc(OBr)nc3OCc3ccccc3)cc12. The normalized spacial score (nSPS) is 10.3. The summed E-state index contributed by atoms with van der Waals surface area (Å²) in [4.78, 5) is 9.04. The predicted octanol–water partition coefficient (Wildman–Crippen LogP) is 7.55. The Balaban J connectivity index is 0.00000124. The second-order valence-corrected chi connectivity index (χ2v) is 7.05. The molecule has 2 aromatic heterocycles. The summed E-state index contributed by atoms with van der Waals surface area (Å²) in [5, 5.41) is 1.72. The van der Waals surface area contributed by atoms with E-state index in [9.17, 15) is 0 Å². The zero-order valence-electron chi connectivity index (χ0n) is 17.0. The van der Waals surface area contributed by atoms with E-state index in [1.807, 2.05) is 75.5 Å². The molecule has 0 radical (unpaired) electrons. The van der Waals surface area contributed by atoms with Crippen molar-refractivity contribution >= 4 is 38.8 Å². The molecule has 0 aliphatic carbocycles. The van der Waals surface area contributed by atoms with Crippen LogP contribution in [0.5, 0.6) is 11.8 Å². The number of rotatable bonds is 5. The molecule has 0 bridgehead atoms. The molecule has 0 aliphatic rings. The topological polar surface area (TPSA) is 44.2 Å². The van der Waals surface area contributed by atoms with E-state index in [2.05, 4.69) is 32.3 Å². The van der Waals surface area contributed by atoms with Crippen LogP contribution in [0.25, 0.3) is 22.0 Å². The van der Waals surface area contributed by atoms with E-state index in [0.29, 0.717) is 23.4 Å². The molecule has 0 spiro atoms. The molecule has 4 nitrogen and oxygen atoms in total. The largest absolute Gasteiger partial charge is 0.472 e. The fourth-order valence-electron chi connectivity index (χ4n) is 2.98. The van der Waals surface area contributed by atoms with Gasteiger partial charge in [0.25, 0.3) is 0 Å². The summed E-state index contributed by atoms with van der Waals surface area (Å²) in [5.74, 6) is 0.890. The van der Waals surface area contributed by atoms with Crippen LogP contribution in [0, 0.1) is 6.92 Å². The van der Waals surface area contributed by atoms with Crippen molar-refractivity contribution in [1.29, 1.82) is 0 Å². The Morgan fingerprint density at radius 3 is 2.50 bits per heavy atom. The number of ether oxygens (including phenoxy) is 1. The highest BCUT2D eigenvalue weighted by molar-refractivity contribution is 9.06. The van der Waals surface area contributed by atoms with Crippen LogP contribution in [0.2, 0.25) is 5.02 Å². The molecule has 0 amide bonds. The Hall–Kier alpha value is -2.63. The van der Waals surface area contributed by atoms with E-state index >= 15 is 0 Å². The van der Waals surface area contributed by atoms with Crippen LogP contribution in [-0.2, 0) is 6.61 Å². The molecule has 0 N–H and O–H groups in total. The number of fused-ring (bicyclic) bond motifs is 1. The highest BCUT2D eigenvalue weighted by Gasteiger charge is 2.13. The van der Waals surface area contributed by atoms with Gasteiger partial charge in [-0.3, -0.25) is 4.98 Å².